The minimum atomic E-state index is 0.192. The Labute approximate surface area is 114 Å². The summed E-state index contributed by atoms with van der Waals surface area (Å²) >= 11 is 0. The molecule has 1 aromatic rings. The molecule has 0 saturated carbocycles. The van der Waals surface area contributed by atoms with Crippen LogP contribution in [-0.4, -0.2) is 52.3 Å². The number of rotatable bonds is 4. The third kappa shape index (κ3) is 3.33. The SMILES string of the molecule is CC(C)c1cc(N[C@@H]2C[C@@H](CO)N(C)C2)nc(N)n1. The highest BCUT2D eigenvalue weighted by molar-refractivity contribution is 5.42. The van der Waals surface area contributed by atoms with Gasteiger partial charge in [-0.2, -0.15) is 4.98 Å². The highest BCUT2D eigenvalue weighted by Crippen LogP contribution is 2.21. The quantitative estimate of drug-likeness (QED) is 0.741. The van der Waals surface area contributed by atoms with Gasteiger partial charge >= 0.3 is 0 Å². The Morgan fingerprint density at radius 3 is 2.84 bits per heavy atom. The summed E-state index contributed by atoms with van der Waals surface area (Å²) in [5.41, 5.74) is 6.68. The van der Waals surface area contributed by atoms with Crippen LogP contribution in [-0.2, 0) is 0 Å². The molecule has 0 unspecified atom stereocenters. The van der Waals surface area contributed by atoms with Crippen LogP contribution in [0.2, 0.25) is 0 Å². The predicted octanol–water partition coefficient (Wildman–Crippen LogP) is 0.659. The van der Waals surface area contributed by atoms with Gasteiger partial charge in [0.15, 0.2) is 0 Å². The topological polar surface area (TPSA) is 87.3 Å². The fraction of sp³-hybridized carbons (Fsp3) is 0.692. The van der Waals surface area contributed by atoms with Crippen LogP contribution in [0.15, 0.2) is 6.07 Å². The molecule has 0 spiro atoms. The van der Waals surface area contributed by atoms with Gasteiger partial charge in [0.25, 0.3) is 0 Å². The number of hydrogen-bond acceptors (Lipinski definition) is 6. The number of likely N-dealkylation sites (tertiary alicyclic amines) is 1. The number of hydrogen-bond donors (Lipinski definition) is 3. The first kappa shape index (κ1) is 14.0. The number of likely N-dealkylation sites (N-methyl/N-ethyl adjacent to an activating group) is 1. The molecule has 106 valence electrons. The minimum Gasteiger partial charge on any atom is -0.395 e. The van der Waals surface area contributed by atoms with Crippen molar-refractivity contribution in [1.29, 1.82) is 0 Å². The number of aliphatic hydroxyl groups is 1. The summed E-state index contributed by atoms with van der Waals surface area (Å²) in [7, 11) is 2.02. The standard InChI is InChI=1S/C13H23N5O/c1-8(2)11-5-12(17-13(14)16-11)15-9-4-10(7-19)18(3)6-9/h5,8-10,19H,4,6-7H2,1-3H3,(H3,14,15,16,17)/t9-,10+/m1/s1. The van der Waals surface area contributed by atoms with E-state index in [-0.39, 0.29) is 18.7 Å². The van der Waals surface area contributed by atoms with Gasteiger partial charge in [-0.15, -0.1) is 0 Å². The van der Waals surface area contributed by atoms with E-state index in [4.69, 9.17) is 5.73 Å². The molecule has 4 N–H and O–H groups in total. The lowest BCUT2D eigenvalue weighted by atomic mass is 10.1. The normalized spacial score (nSPS) is 24.1. The zero-order valence-corrected chi connectivity index (χ0v) is 11.8. The first-order valence-corrected chi connectivity index (χ1v) is 6.71. The molecule has 0 aliphatic carbocycles. The van der Waals surface area contributed by atoms with Gasteiger partial charge in [-0.3, -0.25) is 4.90 Å². The van der Waals surface area contributed by atoms with Crippen LogP contribution in [0.5, 0.6) is 0 Å². The molecule has 2 rings (SSSR count). The van der Waals surface area contributed by atoms with Crippen LogP contribution in [0.1, 0.15) is 31.9 Å². The Bertz CT molecular complexity index is 437. The van der Waals surface area contributed by atoms with E-state index in [0.29, 0.717) is 11.9 Å². The second kappa shape index (κ2) is 5.71. The molecule has 2 atom stereocenters. The van der Waals surface area contributed by atoms with Gasteiger partial charge in [-0.05, 0) is 19.4 Å². The molecule has 0 aromatic carbocycles. The van der Waals surface area contributed by atoms with E-state index in [1.54, 1.807) is 0 Å². The minimum absolute atomic E-state index is 0.192. The number of anilines is 2. The molecular weight excluding hydrogens is 242 g/mol. The van der Waals surface area contributed by atoms with Crippen molar-refractivity contribution in [3.8, 4) is 0 Å². The molecule has 0 bridgehead atoms. The highest BCUT2D eigenvalue weighted by atomic mass is 16.3. The summed E-state index contributed by atoms with van der Waals surface area (Å²) in [6.45, 7) is 5.25. The Morgan fingerprint density at radius 1 is 1.53 bits per heavy atom. The molecular formula is C13H23N5O. The van der Waals surface area contributed by atoms with Gasteiger partial charge in [0, 0.05) is 24.7 Å². The van der Waals surface area contributed by atoms with Crippen LogP contribution >= 0.6 is 0 Å². The Morgan fingerprint density at radius 2 is 2.26 bits per heavy atom. The van der Waals surface area contributed by atoms with Gasteiger partial charge in [0.2, 0.25) is 5.95 Å². The lowest BCUT2D eigenvalue weighted by Gasteiger charge is -2.15. The fourth-order valence-electron chi connectivity index (χ4n) is 2.46. The van der Waals surface area contributed by atoms with Crippen LogP contribution in [0.4, 0.5) is 11.8 Å². The zero-order valence-electron chi connectivity index (χ0n) is 11.8. The van der Waals surface area contributed by atoms with Crippen molar-refractivity contribution in [2.75, 3.05) is 31.2 Å². The number of nitrogens with zero attached hydrogens (tertiary/aromatic N) is 3. The van der Waals surface area contributed by atoms with E-state index >= 15 is 0 Å². The second-order valence-electron chi connectivity index (χ2n) is 5.54. The van der Waals surface area contributed by atoms with Crippen LogP contribution in [0, 0.1) is 0 Å². The summed E-state index contributed by atoms with van der Waals surface area (Å²) < 4.78 is 0. The van der Waals surface area contributed by atoms with Crippen molar-refractivity contribution in [3.05, 3.63) is 11.8 Å². The molecule has 1 aliphatic heterocycles. The van der Waals surface area contributed by atoms with Crippen molar-refractivity contribution in [2.45, 2.75) is 38.3 Å². The number of nitrogen functional groups attached to an aromatic ring is 1. The summed E-state index contributed by atoms with van der Waals surface area (Å²) in [6, 6.07) is 2.46. The second-order valence-corrected chi connectivity index (χ2v) is 5.54. The van der Waals surface area contributed by atoms with Crippen LogP contribution < -0.4 is 11.1 Å². The van der Waals surface area contributed by atoms with E-state index in [1.807, 2.05) is 13.1 Å². The maximum absolute atomic E-state index is 9.27. The van der Waals surface area contributed by atoms with Crippen molar-refractivity contribution in [1.82, 2.24) is 14.9 Å². The molecule has 1 saturated heterocycles. The third-order valence-corrected chi connectivity index (χ3v) is 3.61. The van der Waals surface area contributed by atoms with E-state index in [2.05, 4.69) is 34.0 Å². The summed E-state index contributed by atoms with van der Waals surface area (Å²) in [5.74, 6) is 1.40. The molecule has 1 fully saturated rings. The van der Waals surface area contributed by atoms with E-state index in [9.17, 15) is 5.11 Å². The molecule has 19 heavy (non-hydrogen) atoms. The monoisotopic (exact) mass is 265 g/mol. The summed E-state index contributed by atoms with van der Waals surface area (Å²) in [5, 5.41) is 12.7. The first-order valence-electron chi connectivity index (χ1n) is 6.71. The van der Waals surface area contributed by atoms with Crippen molar-refractivity contribution >= 4 is 11.8 Å². The van der Waals surface area contributed by atoms with E-state index < -0.39 is 0 Å². The Balaban J connectivity index is 2.07. The predicted molar refractivity (Wildman–Crippen MR) is 76.1 cm³/mol. The highest BCUT2D eigenvalue weighted by Gasteiger charge is 2.29. The zero-order chi connectivity index (χ0) is 14.0. The lowest BCUT2D eigenvalue weighted by Crippen LogP contribution is -2.28. The number of aliphatic hydroxyl groups excluding tert-OH is 1. The largest absolute Gasteiger partial charge is 0.395 e. The molecule has 6 heteroatoms. The fourth-order valence-corrected chi connectivity index (χ4v) is 2.46. The van der Waals surface area contributed by atoms with E-state index in [1.165, 1.54) is 0 Å². The van der Waals surface area contributed by atoms with Crippen molar-refractivity contribution < 1.29 is 5.11 Å². The molecule has 1 aliphatic rings. The number of aromatic nitrogens is 2. The lowest BCUT2D eigenvalue weighted by molar-refractivity contribution is 0.182. The number of nitrogens with two attached hydrogens (primary N) is 1. The third-order valence-electron chi connectivity index (χ3n) is 3.61. The first-order chi connectivity index (χ1) is 8.99. The maximum atomic E-state index is 9.27. The summed E-state index contributed by atoms with van der Waals surface area (Å²) in [6.07, 6.45) is 0.911. The molecule has 0 amide bonds. The average molecular weight is 265 g/mol. The average Bonchev–Trinajstić information content (AvgIpc) is 2.68. The Kier molecular flexibility index (Phi) is 4.21. The van der Waals surface area contributed by atoms with Crippen molar-refractivity contribution in [2.24, 2.45) is 0 Å². The Hall–Kier alpha value is -1.40. The van der Waals surface area contributed by atoms with Gasteiger partial charge in [-0.1, -0.05) is 13.8 Å². The molecule has 1 aromatic heterocycles. The molecule has 6 nitrogen and oxygen atoms in total. The van der Waals surface area contributed by atoms with Gasteiger partial charge in [-0.25, -0.2) is 4.98 Å². The van der Waals surface area contributed by atoms with Gasteiger partial charge < -0.3 is 16.2 Å². The van der Waals surface area contributed by atoms with Gasteiger partial charge in [0.05, 0.1) is 12.3 Å². The molecule has 0 radical (unpaired) electrons. The van der Waals surface area contributed by atoms with E-state index in [0.717, 1.165) is 24.5 Å². The maximum Gasteiger partial charge on any atom is 0.222 e. The van der Waals surface area contributed by atoms with Crippen LogP contribution in [0.25, 0.3) is 0 Å². The van der Waals surface area contributed by atoms with Gasteiger partial charge in [0.1, 0.15) is 5.82 Å². The van der Waals surface area contributed by atoms with Crippen molar-refractivity contribution in [3.63, 3.8) is 0 Å². The number of nitrogens with one attached hydrogen (secondary N) is 1. The summed E-state index contributed by atoms with van der Waals surface area (Å²) in [4.78, 5) is 10.6. The van der Waals surface area contributed by atoms with Crippen LogP contribution in [0.3, 0.4) is 0 Å². The smallest absolute Gasteiger partial charge is 0.222 e. The molecule has 2 heterocycles.